The van der Waals surface area contributed by atoms with E-state index in [1.807, 2.05) is 26.1 Å². The van der Waals surface area contributed by atoms with Gasteiger partial charge in [-0.25, -0.2) is 4.39 Å². The van der Waals surface area contributed by atoms with Gasteiger partial charge in [0, 0.05) is 39.8 Å². The van der Waals surface area contributed by atoms with Gasteiger partial charge in [0.1, 0.15) is 5.82 Å². The Morgan fingerprint density at radius 3 is 2.64 bits per heavy atom. The molecule has 2 N–H and O–H groups in total. The van der Waals surface area contributed by atoms with Gasteiger partial charge in [-0.1, -0.05) is 12.1 Å². The standard InChI is InChI=1S/C16H27FN4O/c1-13(12-22-4)20-16(18-2)19-9-10-21(3)11-14-5-7-15(17)8-6-14/h5-8,13H,9-12H2,1-4H3,(H2,18,19,20). The Morgan fingerprint density at radius 1 is 1.36 bits per heavy atom. The highest BCUT2D eigenvalue weighted by atomic mass is 19.1. The fourth-order valence-electron chi connectivity index (χ4n) is 2.07. The number of aliphatic imine (C=N–C) groups is 1. The number of guanidine groups is 1. The normalized spacial score (nSPS) is 13.3. The van der Waals surface area contributed by atoms with Crippen molar-refractivity contribution in [3.63, 3.8) is 0 Å². The molecule has 124 valence electrons. The van der Waals surface area contributed by atoms with Crippen LogP contribution in [0.15, 0.2) is 29.3 Å². The number of methoxy groups -OCH3 is 1. The Labute approximate surface area is 132 Å². The van der Waals surface area contributed by atoms with Crippen molar-refractivity contribution in [3.05, 3.63) is 35.6 Å². The maximum absolute atomic E-state index is 12.9. The third kappa shape index (κ3) is 7.38. The summed E-state index contributed by atoms with van der Waals surface area (Å²) in [5, 5.41) is 6.52. The van der Waals surface area contributed by atoms with Crippen LogP contribution in [0.2, 0.25) is 0 Å². The second-order valence-corrected chi connectivity index (χ2v) is 5.36. The summed E-state index contributed by atoms with van der Waals surface area (Å²) < 4.78 is 17.9. The van der Waals surface area contributed by atoms with E-state index in [4.69, 9.17) is 4.74 Å². The van der Waals surface area contributed by atoms with E-state index in [9.17, 15) is 4.39 Å². The van der Waals surface area contributed by atoms with Gasteiger partial charge < -0.3 is 20.3 Å². The third-order valence-electron chi connectivity index (χ3n) is 3.18. The maximum atomic E-state index is 12.9. The van der Waals surface area contributed by atoms with Gasteiger partial charge in [-0.15, -0.1) is 0 Å². The van der Waals surface area contributed by atoms with Gasteiger partial charge in [-0.05, 0) is 31.7 Å². The lowest BCUT2D eigenvalue weighted by molar-refractivity contribution is 0.179. The van der Waals surface area contributed by atoms with E-state index >= 15 is 0 Å². The molecule has 0 spiro atoms. The number of hydrogen-bond acceptors (Lipinski definition) is 3. The van der Waals surface area contributed by atoms with Crippen molar-refractivity contribution in [1.82, 2.24) is 15.5 Å². The first-order valence-corrected chi connectivity index (χ1v) is 7.44. The molecule has 22 heavy (non-hydrogen) atoms. The quantitative estimate of drug-likeness (QED) is 0.564. The van der Waals surface area contributed by atoms with Crippen molar-refractivity contribution in [1.29, 1.82) is 0 Å². The molecule has 1 unspecified atom stereocenters. The lowest BCUT2D eigenvalue weighted by Gasteiger charge is -2.20. The molecule has 1 aromatic rings. The third-order valence-corrected chi connectivity index (χ3v) is 3.18. The minimum absolute atomic E-state index is 0.201. The zero-order valence-electron chi connectivity index (χ0n) is 13.9. The maximum Gasteiger partial charge on any atom is 0.191 e. The van der Waals surface area contributed by atoms with Crippen LogP contribution in [0.3, 0.4) is 0 Å². The van der Waals surface area contributed by atoms with E-state index in [1.54, 1.807) is 14.2 Å². The average Bonchev–Trinajstić information content (AvgIpc) is 2.49. The Kier molecular flexibility index (Phi) is 8.47. The zero-order valence-corrected chi connectivity index (χ0v) is 13.9. The molecule has 0 saturated heterocycles. The molecule has 0 aliphatic heterocycles. The van der Waals surface area contributed by atoms with Crippen molar-refractivity contribution < 1.29 is 9.13 Å². The summed E-state index contributed by atoms with van der Waals surface area (Å²) in [4.78, 5) is 6.35. The highest BCUT2D eigenvalue weighted by Crippen LogP contribution is 2.04. The predicted octanol–water partition coefficient (Wildman–Crippen LogP) is 1.46. The van der Waals surface area contributed by atoms with E-state index in [0.717, 1.165) is 31.2 Å². The lowest BCUT2D eigenvalue weighted by Crippen LogP contribution is -2.45. The van der Waals surface area contributed by atoms with Gasteiger partial charge >= 0.3 is 0 Å². The molecule has 1 rings (SSSR count). The van der Waals surface area contributed by atoms with E-state index < -0.39 is 0 Å². The fraction of sp³-hybridized carbons (Fsp3) is 0.562. The van der Waals surface area contributed by atoms with Crippen molar-refractivity contribution in [2.75, 3.05) is 40.9 Å². The number of nitrogens with zero attached hydrogens (tertiary/aromatic N) is 2. The summed E-state index contributed by atoms with van der Waals surface area (Å²) in [7, 11) is 5.46. The summed E-state index contributed by atoms with van der Waals surface area (Å²) in [5.74, 6) is 0.563. The molecule has 0 bridgehead atoms. The number of halogens is 1. The van der Waals surface area contributed by atoms with Crippen molar-refractivity contribution in [3.8, 4) is 0 Å². The molecule has 0 aliphatic rings. The molecule has 0 amide bonds. The largest absolute Gasteiger partial charge is 0.383 e. The molecular weight excluding hydrogens is 283 g/mol. The Bertz CT molecular complexity index is 450. The summed E-state index contributed by atoms with van der Waals surface area (Å²) in [6.07, 6.45) is 0. The first-order chi connectivity index (χ1) is 10.5. The van der Waals surface area contributed by atoms with Crippen LogP contribution in [0.5, 0.6) is 0 Å². The minimum Gasteiger partial charge on any atom is -0.383 e. The monoisotopic (exact) mass is 310 g/mol. The number of benzene rings is 1. The number of hydrogen-bond donors (Lipinski definition) is 2. The van der Waals surface area contributed by atoms with Crippen LogP contribution < -0.4 is 10.6 Å². The van der Waals surface area contributed by atoms with Crippen molar-refractivity contribution >= 4 is 5.96 Å². The van der Waals surface area contributed by atoms with E-state index in [0.29, 0.717) is 6.61 Å². The van der Waals surface area contributed by atoms with Crippen molar-refractivity contribution in [2.24, 2.45) is 4.99 Å². The summed E-state index contributed by atoms with van der Waals surface area (Å²) in [6, 6.07) is 6.81. The molecule has 0 heterocycles. The summed E-state index contributed by atoms with van der Waals surface area (Å²) in [6.45, 7) is 5.09. The Morgan fingerprint density at radius 2 is 2.05 bits per heavy atom. The smallest absolute Gasteiger partial charge is 0.191 e. The SMILES string of the molecule is CN=C(NCCN(C)Cc1ccc(F)cc1)NC(C)COC. The molecule has 0 saturated carbocycles. The van der Waals surface area contributed by atoms with Crippen LogP contribution in [-0.4, -0.2) is 57.8 Å². The van der Waals surface area contributed by atoms with E-state index in [2.05, 4.69) is 20.5 Å². The number of likely N-dealkylation sites (N-methyl/N-ethyl adjacent to an activating group) is 1. The van der Waals surface area contributed by atoms with E-state index in [1.165, 1.54) is 12.1 Å². The molecule has 5 nitrogen and oxygen atoms in total. The highest BCUT2D eigenvalue weighted by Gasteiger charge is 2.05. The Hall–Kier alpha value is -1.66. The van der Waals surface area contributed by atoms with Gasteiger partial charge in [0.15, 0.2) is 5.96 Å². The predicted molar refractivity (Wildman–Crippen MR) is 88.6 cm³/mol. The van der Waals surface area contributed by atoms with Crippen LogP contribution in [0.25, 0.3) is 0 Å². The van der Waals surface area contributed by atoms with Crippen molar-refractivity contribution in [2.45, 2.75) is 19.5 Å². The highest BCUT2D eigenvalue weighted by molar-refractivity contribution is 5.79. The molecule has 0 radical (unpaired) electrons. The van der Waals surface area contributed by atoms with Gasteiger partial charge in [0.2, 0.25) is 0 Å². The summed E-state index contributed by atoms with van der Waals surface area (Å²) >= 11 is 0. The van der Waals surface area contributed by atoms with Gasteiger partial charge in [-0.2, -0.15) is 0 Å². The Balaban J connectivity index is 2.28. The first-order valence-electron chi connectivity index (χ1n) is 7.44. The number of nitrogens with one attached hydrogen (secondary N) is 2. The molecular formula is C16H27FN4O. The van der Waals surface area contributed by atoms with Crippen LogP contribution in [0, 0.1) is 5.82 Å². The number of ether oxygens (including phenoxy) is 1. The van der Waals surface area contributed by atoms with Gasteiger partial charge in [0.25, 0.3) is 0 Å². The fourth-order valence-corrected chi connectivity index (χ4v) is 2.07. The molecule has 0 aromatic heterocycles. The second-order valence-electron chi connectivity index (χ2n) is 5.36. The molecule has 0 aliphatic carbocycles. The second kappa shape index (κ2) is 10.1. The van der Waals surface area contributed by atoms with Crippen LogP contribution in [-0.2, 0) is 11.3 Å². The van der Waals surface area contributed by atoms with E-state index in [-0.39, 0.29) is 11.9 Å². The molecule has 0 fully saturated rings. The summed E-state index contributed by atoms with van der Waals surface area (Å²) in [5.41, 5.74) is 1.10. The average molecular weight is 310 g/mol. The molecule has 1 aromatic carbocycles. The van der Waals surface area contributed by atoms with Crippen LogP contribution in [0.4, 0.5) is 4.39 Å². The van der Waals surface area contributed by atoms with Crippen LogP contribution in [0.1, 0.15) is 12.5 Å². The minimum atomic E-state index is -0.201. The lowest BCUT2D eigenvalue weighted by atomic mass is 10.2. The van der Waals surface area contributed by atoms with Gasteiger partial charge in [0.05, 0.1) is 6.61 Å². The first kappa shape index (κ1) is 18.4. The molecule has 6 heteroatoms. The van der Waals surface area contributed by atoms with Crippen LogP contribution >= 0.6 is 0 Å². The topological polar surface area (TPSA) is 48.9 Å². The molecule has 1 atom stereocenters. The van der Waals surface area contributed by atoms with Gasteiger partial charge in [-0.3, -0.25) is 4.99 Å². The number of rotatable bonds is 8. The zero-order chi connectivity index (χ0) is 16.4.